The molecule has 180 valence electrons. The molecule has 0 aromatic heterocycles. The number of rotatable bonds is 10. The number of halogens is 1. The molecule has 0 saturated heterocycles. The third kappa shape index (κ3) is 7.20. The maximum atomic E-state index is 13.4. The molecule has 10 heteroatoms. The van der Waals surface area contributed by atoms with Crippen molar-refractivity contribution in [3.8, 4) is 5.75 Å². The Kier molecular flexibility index (Phi) is 9.30. The lowest BCUT2D eigenvalue weighted by molar-refractivity contribution is -0.139. The zero-order valence-electron chi connectivity index (χ0n) is 19.5. The molecular weight excluding hydrogens is 510 g/mol. The molecule has 1 N–H and O–H groups in total. The number of hydrogen-bond acceptors (Lipinski definition) is 5. The molecule has 0 bridgehead atoms. The van der Waals surface area contributed by atoms with E-state index in [4.69, 9.17) is 4.74 Å². The summed E-state index contributed by atoms with van der Waals surface area (Å²) in [6, 6.07) is 11.4. The van der Waals surface area contributed by atoms with Gasteiger partial charge in [-0.3, -0.25) is 13.9 Å². The van der Waals surface area contributed by atoms with Crippen molar-refractivity contribution in [3.05, 3.63) is 58.1 Å². The minimum atomic E-state index is -3.76. The molecule has 1 atom stereocenters. The standard InChI is InChI=1S/C23H30BrN3O5S/c1-6-25-23(29)17(3)26(14-18-7-10-20(32-4)11-8-18)22(28)15-27(33(5,30)31)19-9-12-21(24)16(2)13-19/h7-13,17H,6,14-15H2,1-5H3,(H,25,29)/t17-/m1/s1. The summed E-state index contributed by atoms with van der Waals surface area (Å²) < 4.78 is 32.2. The van der Waals surface area contributed by atoms with Crippen LogP contribution in [0.4, 0.5) is 5.69 Å². The zero-order valence-corrected chi connectivity index (χ0v) is 21.9. The van der Waals surface area contributed by atoms with Crippen LogP contribution in [0.25, 0.3) is 0 Å². The maximum absolute atomic E-state index is 13.4. The molecule has 0 saturated carbocycles. The van der Waals surface area contributed by atoms with Gasteiger partial charge in [-0.2, -0.15) is 0 Å². The summed E-state index contributed by atoms with van der Waals surface area (Å²) >= 11 is 3.40. The molecule has 0 aliphatic carbocycles. The van der Waals surface area contributed by atoms with Crippen molar-refractivity contribution in [3.63, 3.8) is 0 Å². The second-order valence-electron chi connectivity index (χ2n) is 7.64. The first-order valence-corrected chi connectivity index (χ1v) is 13.1. The lowest BCUT2D eigenvalue weighted by atomic mass is 10.1. The number of amides is 2. The molecule has 0 aliphatic rings. The summed E-state index contributed by atoms with van der Waals surface area (Å²) in [6.45, 7) is 5.38. The Morgan fingerprint density at radius 2 is 1.79 bits per heavy atom. The summed E-state index contributed by atoms with van der Waals surface area (Å²) in [5.41, 5.74) is 1.99. The molecule has 2 aromatic rings. The largest absolute Gasteiger partial charge is 0.497 e. The fourth-order valence-corrected chi connectivity index (χ4v) is 4.32. The van der Waals surface area contributed by atoms with Gasteiger partial charge in [0.05, 0.1) is 19.1 Å². The van der Waals surface area contributed by atoms with Crippen LogP contribution in [0.2, 0.25) is 0 Å². The predicted octanol–water partition coefficient (Wildman–Crippen LogP) is 3.09. The molecule has 33 heavy (non-hydrogen) atoms. The second kappa shape index (κ2) is 11.5. The van der Waals surface area contributed by atoms with Crippen LogP contribution in [-0.4, -0.2) is 57.6 Å². The van der Waals surface area contributed by atoms with E-state index in [-0.39, 0.29) is 12.5 Å². The minimum Gasteiger partial charge on any atom is -0.497 e. The van der Waals surface area contributed by atoms with Crippen LogP contribution >= 0.6 is 15.9 Å². The lowest BCUT2D eigenvalue weighted by Gasteiger charge is -2.31. The Morgan fingerprint density at radius 1 is 1.15 bits per heavy atom. The number of ether oxygens (including phenoxy) is 1. The third-order valence-corrected chi connectivity index (χ3v) is 7.17. The van der Waals surface area contributed by atoms with E-state index in [1.165, 1.54) is 4.90 Å². The quantitative estimate of drug-likeness (QED) is 0.500. The van der Waals surface area contributed by atoms with Crippen molar-refractivity contribution in [1.82, 2.24) is 10.2 Å². The maximum Gasteiger partial charge on any atom is 0.244 e. The van der Waals surface area contributed by atoms with Crippen molar-refractivity contribution in [1.29, 1.82) is 0 Å². The van der Waals surface area contributed by atoms with Crippen molar-refractivity contribution in [2.24, 2.45) is 0 Å². The number of carbonyl (C=O) groups is 2. The molecule has 0 radical (unpaired) electrons. The Labute approximate surface area is 204 Å². The number of aryl methyl sites for hydroxylation is 1. The summed E-state index contributed by atoms with van der Waals surface area (Å²) in [5.74, 6) is -0.136. The fourth-order valence-electron chi connectivity index (χ4n) is 3.23. The fraction of sp³-hybridized carbons (Fsp3) is 0.391. The van der Waals surface area contributed by atoms with Crippen molar-refractivity contribution in [2.75, 3.05) is 30.8 Å². The Bertz CT molecular complexity index is 1090. The van der Waals surface area contributed by atoms with Crippen molar-refractivity contribution in [2.45, 2.75) is 33.4 Å². The smallest absolute Gasteiger partial charge is 0.244 e. The van der Waals surface area contributed by atoms with Gasteiger partial charge in [0, 0.05) is 17.6 Å². The van der Waals surface area contributed by atoms with Gasteiger partial charge in [0.1, 0.15) is 18.3 Å². The average molecular weight is 540 g/mol. The summed E-state index contributed by atoms with van der Waals surface area (Å²) in [7, 11) is -2.20. The molecule has 2 rings (SSSR count). The number of anilines is 1. The van der Waals surface area contributed by atoms with E-state index in [9.17, 15) is 18.0 Å². The van der Waals surface area contributed by atoms with Crippen LogP contribution in [0.3, 0.4) is 0 Å². The molecule has 8 nitrogen and oxygen atoms in total. The first-order chi connectivity index (χ1) is 15.5. The number of likely N-dealkylation sites (N-methyl/N-ethyl adjacent to an activating group) is 1. The van der Waals surface area contributed by atoms with Gasteiger partial charge in [-0.1, -0.05) is 28.1 Å². The minimum absolute atomic E-state index is 0.137. The van der Waals surface area contributed by atoms with Crippen LogP contribution in [0, 0.1) is 6.92 Å². The Balaban J connectivity index is 2.39. The van der Waals surface area contributed by atoms with Crippen LogP contribution in [0.1, 0.15) is 25.0 Å². The highest BCUT2D eigenvalue weighted by atomic mass is 79.9. The first kappa shape index (κ1) is 26.7. The van der Waals surface area contributed by atoms with E-state index in [1.54, 1.807) is 63.4 Å². The molecule has 0 spiro atoms. The number of carbonyl (C=O) groups excluding carboxylic acids is 2. The first-order valence-electron chi connectivity index (χ1n) is 10.4. The molecule has 0 heterocycles. The van der Waals surface area contributed by atoms with E-state index in [0.29, 0.717) is 18.0 Å². The summed E-state index contributed by atoms with van der Waals surface area (Å²) in [6.07, 6.45) is 1.05. The van der Waals surface area contributed by atoms with Gasteiger partial charge < -0.3 is 15.0 Å². The van der Waals surface area contributed by atoms with E-state index in [2.05, 4.69) is 21.2 Å². The van der Waals surface area contributed by atoms with Gasteiger partial charge >= 0.3 is 0 Å². The predicted molar refractivity (Wildman–Crippen MR) is 133 cm³/mol. The second-order valence-corrected chi connectivity index (χ2v) is 10.4. The van der Waals surface area contributed by atoms with Gasteiger partial charge in [0.2, 0.25) is 21.8 Å². The number of hydrogen-bond donors (Lipinski definition) is 1. The number of nitrogens with one attached hydrogen (secondary N) is 1. The van der Waals surface area contributed by atoms with Crippen LogP contribution < -0.4 is 14.4 Å². The highest BCUT2D eigenvalue weighted by molar-refractivity contribution is 9.10. The number of nitrogens with zero attached hydrogens (tertiary/aromatic N) is 2. The van der Waals surface area contributed by atoms with Crippen LogP contribution in [0.5, 0.6) is 5.75 Å². The van der Waals surface area contributed by atoms with Gasteiger partial charge in [0.15, 0.2) is 0 Å². The third-order valence-electron chi connectivity index (χ3n) is 5.14. The normalized spacial score (nSPS) is 12.1. The van der Waals surface area contributed by atoms with Gasteiger partial charge in [-0.15, -0.1) is 0 Å². The van der Waals surface area contributed by atoms with E-state index < -0.39 is 28.5 Å². The number of methoxy groups -OCH3 is 1. The van der Waals surface area contributed by atoms with Gasteiger partial charge in [-0.05, 0) is 62.2 Å². The Morgan fingerprint density at radius 3 is 2.30 bits per heavy atom. The number of sulfonamides is 1. The van der Waals surface area contributed by atoms with Crippen molar-refractivity contribution < 1.29 is 22.7 Å². The topological polar surface area (TPSA) is 96.0 Å². The van der Waals surface area contributed by atoms with Crippen LogP contribution in [0.15, 0.2) is 46.9 Å². The van der Waals surface area contributed by atoms with Crippen molar-refractivity contribution >= 4 is 43.5 Å². The van der Waals surface area contributed by atoms with E-state index >= 15 is 0 Å². The molecule has 2 amide bonds. The van der Waals surface area contributed by atoms with E-state index in [0.717, 1.165) is 26.2 Å². The van der Waals surface area contributed by atoms with Crippen LogP contribution in [-0.2, 0) is 26.2 Å². The average Bonchev–Trinajstić information content (AvgIpc) is 2.77. The highest BCUT2D eigenvalue weighted by Gasteiger charge is 2.30. The molecule has 0 fully saturated rings. The lowest BCUT2D eigenvalue weighted by Crippen LogP contribution is -2.51. The zero-order chi connectivity index (χ0) is 24.8. The molecule has 2 aromatic carbocycles. The monoisotopic (exact) mass is 539 g/mol. The Hall–Kier alpha value is -2.59. The van der Waals surface area contributed by atoms with E-state index in [1.807, 2.05) is 6.92 Å². The summed E-state index contributed by atoms with van der Waals surface area (Å²) in [4.78, 5) is 27.3. The molecule has 0 unspecified atom stereocenters. The van der Waals surface area contributed by atoms with Gasteiger partial charge in [-0.25, -0.2) is 8.42 Å². The summed E-state index contributed by atoms with van der Waals surface area (Å²) in [5, 5.41) is 2.72. The SMILES string of the molecule is CCNC(=O)[C@@H](C)N(Cc1ccc(OC)cc1)C(=O)CN(c1ccc(Br)c(C)c1)S(C)(=O)=O. The highest BCUT2D eigenvalue weighted by Crippen LogP contribution is 2.25. The molecular formula is C23H30BrN3O5S. The number of benzene rings is 2. The molecule has 0 aliphatic heterocycles. The van der Waals surface area contributed by atoms with Gasteiger partial charge in [0.25, 0.3) is 0 Å².